The van der Waals surface area contributed by atoms with Gasteiger partial charge >= 0.3 is 12.1 Å². The summed E-state index contributed by atoms with van der Waals surface area (Å²) in [6.45, 7) is 3.87. The van der Waals surface area contributed by atoms with Crippen LogP contribution in [0.15, 0.2) is 33.6 Å². The average molecular weight is 445 g/mol. The standard InChI is InChI=1S/C19H22F3N3O4S/c1-12(2)30(27,28)15-7-5-13(6-8-15)10-16(26)25-9-3-4-14(11-25)17-23-24-18(29-17)19(20,21)22/h5-8,12,14H,3-4,9-11H2,1-2H3/t14-/m0/s1. The van der Waals surface area contributed by atoms with Crippen molar-refractivity contribution in [3.63, 3.8) is 0 Å². The summed E-state index contributed by atoms with van der Waals surface area (Å²) in [5.41, 5.74) is 0.655. The molecule has 7 nitrogen and oxygen atoms in total. The average Bonchev–Trinajstić information content (AvgIpc) is 3.19. The zero-order chi connectivity index (χ0) is 22.1. The third-order valence-corrected chi connectivity index (χ3v) is 7.20. The van der Waals surface area contributed by atoms with Gasteiger partial charge in [0.1, 0.15) is 0 Å². The number of sulfone groups is 1. The van der Waals surface area contributed by atoms with Crippen LogP contribution in [0.2, 0.25) is 0 Å². The molecule has 2 aromatic rings. The van der Waals surface area contributed by atoms with Crippen LogP contribution in [-0.4, -0.2) is 47.8 Å². The quantitative estimate of drug-likeness (QED) is 0.702. The molecule has 1 aliphatic heterocycles. The first-order chi connectivity index (χ1) is 14.0. The maximum absolute atomic E-state index is 12.7. The van der Waals surface area contributed by atoms with Gasteiger partial charge in [-0.1, -0.05) is 12.1 Å². The second-order valence-corrected chi connectivity index (χ2v) is 10.0. The van der Waals surface area contributed by atoms with Crippen LogP contribution in [0.4, 0.5) is 13.2 Å². The highest BCUT2D eigenvalue weighted by Crippen LogP contribution is 2.32. The van der Waals surface area contributed by atoms with Crippen molar-refractivity contribution in [2.75, 3.05) is 13.1 Å². The predicted molar refractivity (Wildman–Crippen MR) is 100 cm³/mol. The van der Waals surface area contributed by atoms with Crippen molar-refractivity contribution < 1.29 is 30.8 Å². The lowest BCUT2D eigenvalue weighted by Crippen LogP contribution is -2.40. The molecule has 0 N–H and O–H groups in total. The fourth-order valence-corrected chi connectivity index (χ4v) is 4.33. The van der Waals surface area contributed by atoms with Gasteiger partial charge in [0.25, 0.3) is 0 Å². The fourth-order valence-electron chi connectivity index (χ4n) is 3.27. The summed E-state index contributed by atoms with van der Waals surface area (Å²) in [5, 5.41) is 6.00. The molecule has 0 saturated carbocycles. The van der Waals surface area contributed by atoms with Gasteiger partial charge in [-0.2, -0.15) is 13.2 Å². The smallest absolute Gasteiger partial charge is 0.417 e. The minimum Gasteiger partial charge on any atom is -0.417 e. The van der Waals surface area contributed by atoms with Crippen LogP contribution in [-0.2, 0) is 27.2 Å². The summed E-state index contributed by atoms with van der Waals surface area (Å²) in [6.07, 6.45) is -3.49. The molecule has 0 aliphatic carbocycles. The van der Waals surface area contributed by atoms with Crippen molar-refractivity contribution in [2.24, 2.45) is 0 Å². The lowest BCUT2D eigenvalue weighted by Gasteiger charge is -2.31. The van der Waals surface area contributed by atoms with Gasteiger partial charge in [-0.05, 0) is 44.4 Å². The molecule has 164 valence electrons. The van der Waals surface area contributed by atoms with Crippen LogP contribution in [0.5, 0.6) is 0 Å². The minimum atomic E-state index is -4.70. The van der Waals surface area contributed by atoms with Crippen LogP contribution in [0.1, 0.15) is 50.0 Å². The molecule has 11 heteroatoms. The Morgan fingerprint density at radius 1 is 1.23 bits per heavy atom. The number of amides is 1. The molecule has 1 aromatic heterocycles. The molecule has 0 bridgehead atoms. The Bertz CT molecular complexity index is 1000. The van der Waals surface area contributed by atoms with Crippen molar-refractivity contribution in [3.05, 3.63) is 41.6 Å². The number of benzene rings is 1. The topological polar surface area (TPSA) is 93.4 Å². The molecular weight excluding hydrogens is 423 g/mol. The molecule has 3 rings (SSSR count). The van der Waals surface area contributed by atoms with E-state index in [4.69, 9.17) is 4.42 Å². The van der Waals surface area contributed by atoms with Crippen molar-refractivity contribution in [1.82, 2.24) is 15.1 Å². The number of aromatic nitrogens is 2. The Hall–Kier alpha value is -2.43. The van der Waals surface area contributed by atoms with Gasteiger partial charge in [0.2, 0.25) is 11.8 Å². The first kappa shape index (κ1) is 22.3. The van der Waals surface area contributed by atoms with Crippen molar-refractivity contribution in [1.29, 1.82) is 0 Å². The summed E-state index contributed by atoms with van der Waals surface area (Å²) in [6, 6.07) is 6.16. The SMILES string of the molecule is CC(C)S(=O)(=O)c1ccc(CC(=O)N2CCC[C@H](c3nnc(C(F)(F)F)o3)C2)cc1. The monoisotopic (exact) mass is 445 g/mol. The van der Waals surface area contributed by atoms with Gasteiger partial charge in [-0.3, -0.25) is 4.79 Å². The summed E-state index contributed by atoms with van der Waals surface area (Å²) in [5.74, 6) is -2.17. The van der Waals surface area contributed by atoms with Gasteiger partial charge in [0, 0.05) is 13.1 Å². The number of alkyl halides is 3. The fraction of sp³-hybridized carbons (Fsp3) is 0.526. The van der Waals surface area contributed by atoms with Crippen molar-refractivity contribution in [2.45, 2.75) is 55.3 Å². The van der Waals surface area contributed by atoms with E-state index in [1.165, 1.54) is 12.1 Å². The number of rotatable bonds is 5. The van der Waals surface area contributed by atoms with Crippen LogP contribution in [0.25, 0.3) is 0 Å². The molecular formula is C19H22F3N3O4S. The number of carbonyl (C=O) groups excluding carboxylic acids is 1. The number of hydrogen-bond acceptors (Lipinski definition) is 6. The van der Waals surface area contributed by atoms with Crippen molar-refractivity contribution >= 4 is 15.7 Å². The van der Waals surface area contributed by atoms with E-state index in [9.17, 15) is 26.4 Å². The maximum atomic E-state index is 12.7. The third kappa shape index (κ3) is 4.82. The molecule has 1 aromatic carbocycles. The highest BCUT2D eigenvalue weighted by Gasteiger charge is 2.39. The number of carbonyl (C=O) groups is 1. The van der Waals surface area contributed by atoms with Gasteiger partial charge < -0.3 is 9.32 Å². The normalized spacial score (nSPS) is 18.1. The Balaban J connectivity index is 1.65. The Morgan fingerprint density at radius 3 is 2.47 bits per heavy atom. The van der Waals surface area contributed by atoms with E-state index in [1.54, 1.807) is 30.9 Å². The van der Waals surface area contributed by atoms with Gasteiger partial charge in [-0.25, -0.2) is 8.42 Å². The lowest BCUT2D eigenvalue weighted by molar-refractivity contribution is -0.157. The summed E-state index contributed by atoms with van der Waals surface area (Å²) < 4.78 is 67.1. The minimum absolute atomic E-state index is 0.0619. The van der Waals surface area contributed by atoms with Crippen LogP contribution < -0.4 is 0 Å². The Labute approximate surface area is 172 Å². The summed E-state index contributed by atoms with van der Waals surface area (Å²) in [4.78, 5) is 14.4. The lowest BCUT2D eigenvalue weighted by atomic mass is 9.97. The Morgan fingerprint density at radius 2 is 1.90 bits per heavy atom. The molecule has 1 saturated heterocycles. The van der Waals surface area contributed by atoms with Crippen LogP contribution in [0.3, 0.4) is 0 Å². The van der Waals surface area contributed by atoms with Gasteiger partial charge in [0.05, 0.1) is 22.5 Å². The zero-order valence-corrected chi connectivity index (χ0v) is 17.3. The van der Waals surface area contributed by atoms with E-state index < -0.39 is 33.1 Å². The van der Waals surface area contributed by atoms with Crippen molar-refractivity contribution in [3.8, 4) is 0 Å². The third-order valence-electron chi connectivity index (χ3n) is 5.03. The van der Waals surface area contributed by atoms with Crippen LogP contribution in [0, 0.1) is 0 Å². The molecule has 0 unspecified atom stereocenters. The van der Waals surface area contributed by atoms with E-state index in [2.05, 4.69) is 10.2 Å². The second-order valence-electron chi connectivity index (χ2n) is 7.54. The van der Waals surface area contributed by atoms with Gasteiger partial charge in [0.15, 0.2) is 9.84 Å². The second kappa shape index (κ2) is 8.37. The summed E-state index contributed by atoms with van der Waals surface area (Å²) >= 11 is 0. The molecule has 1 atom stereocenters. The number of halogens is 3. The molecule has 30 heavy (non-hydrogen) atoms. The number of likely N-dealkylation sites (tertiary alicyclic amines) is 1. The zero-order valence-electron chi connectivity index (χ0n) is 16.5. The first-order valence-corrected chi connectivity index (χ1v) is 11.0. The summed E-state index contributed by atoms with van der Waals surface area (Å²) in [7, 11) is -3.39. The molecule has 0 spiro atoms. The Kier molecular flexibility index (Phi) is 6.21. The van der Waals surface area contributed by atoms with Gasteiger partial charge in [-0.15, -0.1) is 10.2 Å². The molecule has 1 amide bonds. The largest absolute Gasteiger partial charge is 0.470 e. The molecule has 1 aliphatic rings. The molecule has 2 heterocycles. The highest BCUT2D eigenvalue weighted by molar-refractivity contribution is 7.92. The van der Waals surface area contributed by atoms with E-state index in [0.717, 1.165) is 0 Å². The first-order valence-electron chi connectivity index (χ1n) is 9.49. The number of hydrogen-bond donors (Lipinski definition) is 0. The molecule has 1 fully saturated rings. The van der Waals surface area contributed by atoms with E-state index in [-0.39, 0.29) is 29.7 Å². The predicted octanol–water partition coefficient (Wildman–Crippen LogP) is 3.22. The maximum Gasteiger partial charge on any atom is 0.470 e. The highest BCUT2D eigenvalue weighted by atomic mass is 32.2. The van der Waals surface area contributed by atoms with E-state index in [0.29, 0.717) is 24.9 Å². The molecule has 0 radical (unpaired) electrons. The number of piperidine rings is 1. The van der Waals surface area contributed by atoms with E-state index >= 15 is 0 Å². The van der Waals surface area contributed by atoms with Crippen LogP contribution >= 0.6 is 0 Å². The van der Waals surface area contributed by atoms with E-state index in [1.807, 2.05) is 0 Å². The number of nitrogens with zero attached hydrogens (tertiary/aromatic N) is 3.